The average molecular weight is 405 g/mol. The summed E-state index contributed by atoms with van der Waals surface area (Å²) in [7, 11) is 1.46. The second-order valence-corrected chi connectivity index (χ2v) is 6.11. The van der Waals surface area contributed by atoms with Gasteiger partial charge in [0.2, 0.25) is 0 Å². The lowest BCUT2D eigenvalue weighted by Gasteiger charge is -2.14. The summed E-state index contributed by atoms with van der Waals surface area (Å²) in [6.07, 6.45) is -5.35. The van der Waals surface area contributed by atoms with E-state index in [1.54, 1.807) is 47.1 Å². The van der Waals surface area contributed by atoms with Crippen LogP contribution in [-0.2, 0) is 11.3 Å². The van der Waals surface area contributed by atoms with Gasteiger partial charge in [0.05, 0.1) is 5.69 Å². The van der Waals surface area contributed by atoms with Crippen molar-refractivity contribution in [3.05, 3.63) is 66.0 Å². The Kier molecular flexibility index (Phi) is 5.76. The van der Waals surface area contributed by atoms with Crippen LogP contribution in [0.5, 0.6) is 5.75 Å². The SMILES string of the molecule is CNC(=O)OCc1cc(C)n(-c2cccc(-c3ccccc3OC(F)(F)F)c2)n1. The molecule has 3 aromatic rings. The van der Waals surface area contributed by atoms with Crippen LogP contribution < -0.4 is 10.1 Å². The van der Waals surface area contributed by atoms with Gasteiger partial charge in [-0.25, -0.2) is 9.48 Å². The fourth-order valence-corrected chi connectivity index (χ4v) is 2.81. The molecule has 0 spiro atoms. The molecule has 0 atom stereocenters. The number of aryl methyl sites for hydroxylation is 1. The number of benzene rings is 2. The highest BCUT2D eigenvalue weighted by molar-refractivity contribution is 5.72. The predicted octanol–water partition coefficient (Wildman–Crippen LogP) is 4.60. The second-order valence-electron chi connectivity index (χ2n) is 6.11. The quantitative estimate of drug-likeness (QED) is 0.674. The van der Waals surface area contributed by atoms with Crippen molar-refractivity contribution in [1.82, 2.24) is 15.1 Å². The summed E-state index contributed by atoms with van der Waals surface area (Å²) in [4.78, 5) is 11.2. The molecule has 2 aromatic carbocycles. The van der Waals surface area contributed by atoms with Crippen LogP contribution in [0.15, 0.2) is 54.6 Å². The van der Waals surface area contributed by atoms with Crippen molar-refractivity contribution in [2.75, 3.05) is 7.05 Å². The summed E-state index contributed by atoms with van der Waals surface area (Å²) in [6, 6.07) is 14.6. The molecule has 0 radical (unpaired) electrons. The molecule has 1 aromatic heterocycles. The van der Waals surface area contributed by atoms with Gasteiger partial charge in [-0.1, -0.05) is 30.3 Å². The van der Waals surface area contributed by atoms with Crippen molar-refractivity contribution >= 4 is 6.09 Å². The molecule has 0 bridgehead atoms. The van der Waals surface area contributed by atoms with E-state index >= 15 is 0 Å². The zero-order valence-electron chi connectivity index (χ0n) is 15.7. The average Bonchev–Trinajstić information content (AvgIpc) is 3.06. The van der Waals surface area contributed by atoms with Gasteiger partial charge < -0.3 is 14.8 Å². The number of carbonyl (C=O) groups excluding carboxylic acids is 1. The largest absolute Gasteiger partial charge is 0.573 e. The number of nitrogens with one attached hydrogen (secondary N) is 1. The number of halogens is 3. The minimum atomic E-state index is -4.79. The molecule has 9 heteroatoms. The summed E-state index contributed by atoms with van der Waals surface area (Å²) in [5.74, 6) is -0.283. The lowest BCUT2D eigenvalue weighted by molar-refractivity contribution is -0.274. The number of para-hydroxylation sites is 1. The van der Waals surface area contributed by atoms with E-state index < -0.39 is 12.5 Å². The molecule has 152 valence electrons. The molecule has 0 saturated carbocycles. The van der Waals surface area contributed by atoms with Crippen LogP contribution in [0.4, 0.5) is 18.0 Å². The summed E-state index contributed by atoms with van der Waals surface area (Å²) in [5, 5.41) is 6.75. The molecule has 0 unspecified atom stereocenters. The van der Waals surface area contributed by atoms with Crippen LogP contribution in [0.3, 0.4) is 0 Å². The molecule has 6 nitrogen and oxygen atoms in total. The predicted molar refractivity (Wildman–Crippen MR) is 99.7 cm³/mol. The van der Waals surface area contributed by atoms with Crippen LogP contribution >= 0.6 is 0 Å². The molecule has 3 rings (SSSR count). The number of alkyl halides is 3. The van der Waals surface area contributed by atoms with Crippen molar-refractivity contribution in [3.8, 4) is 22.6 Å². The molecule has 0 aliphatic carbocycles. The van der Waals surface area contributed by atoms with E-state index in [4.69, 9.17) is 4.74 Å². The number of amides is 1. The first-order chi connectivity index (χ1) is 13.8. The number of nitrogens with zero attached hydrogens (tertiary/aromatic N) is 2. The number of hydrogen-bond acceptors (Lipinski definition) is 4. The minimum Gasteiger partial charge on any atom is -0.443 e. The molecule has 29 heavy (non-hydrogen) atoms. The van der Waals surface area contributed by atoms with Crippen LogP contribution in [0.2, 0.25) is 0 Å². The maximum absolute atomic E-state index is 12.7. The normalized spacial score (nSPS) is 11.2. The van der Waals surface area contributed by atoms with E-state index in [9.17, 15) is 18.0 Å². The van der Waals surface area contributed by atoms with Crippen LogP contribution in [-0.4, -0.2) is 29.3 Å². The Bertz CT molecular complexity index is 1020. The van der Waals surface area contributed by atoms with Crippen molar-refractivity contribution in [2.24, 2.45) is 0 Å². The smallest absolute Gasteiger partial charge is 0.443 e. The van der Waals surface area contributed by atoms with Crippen molar-refractivity contribution < 1.29 is 27.4 Å². The van der Waals surface area contributed by atoms with E-state index in [2.05, 4.69) is 15.2 Å². The first-order valence-electron chi connectivity index (χ1n) is 8.62. The Labute approximate surface area is 164 Å². The third-order valence-corrected chi connectivity index (χ3v) is 4.01. The fourth-order valence-electron chi connectivity index (χ4n) is 2.81. The monoisotopic (exact) mass is 405 g/mol. The molecule has 1 heterocycles. The molecule has 0 aliphatic heterocycles. The van der Waals surface area contributed by atoms with Gasteiger partial charge in [0.1, 0.15) is 18.1 Å². The summed E-state index contributed by atoms with van der Waals surface area (Å²) >= 11 is 0. The maximum atomic E-state index is 12.7. The Balaban J connectivity index is 1.92. The Hall–Kier alpha value is -3.49. The lowest BCUT2D eigenvalue weighted by atomic mass is 10.0. The third kappa shape index (κ3) is 5.07. The van der Waals surface area contributed by atoms with Crippen molar-refractivity contribution in [3.63, 3.8) is 0 Å². The number of ether oxygens (including phenoxy) is 2. The first-order valence-corrected chi connectivity index (χ1v) is 8.62. The first kappa shape index (κ1) is 20.2. The van der Waals surface area contributed by atoms with E-state index in [0.29, 0.717) is 22.5 Å². The van der Waals surface area contributed by atoms with E-state index in [-0.39, 0.29) is 12.4 Å². The zero-order chi connectivity index (χ0) is 21.0. The fraction of sp³-hybridized carbons (Fsp3) is 0.200. The van der Waals surface area contributed by atoms with Crippen molar-refractivity contribution in [2.45, 2.75) is 19.9 Å². The van der Waals surface area contributed by atoms with E-state index in [1.807, 2.05) is 6.92 Å². The highest BCUT2D eigenvalue weighted by Crippen LogP contribution is 2.34. The molecule has 0 saturated heterocycles. The van der Waals surface area contributed by atoms with Crippen LogP contribution in [0.1, 0.15) is 11.4 Å². The Morgan fingerprint density at radius 1 is 1.14 bits per heavy atom. The van der Waals surface area contributed by atoms with Gasteiger partial charge in [-0.05, 0) is 36.8 Å². The molecule has 1 amide bonds. The van der Waals surface area contributed by atoms with E-state index in [1.165, 1.54) is 19.2 Å². The summed E-state index contributed by atoms with van der Waals surface area (Å²) in [5.41, 5.74) is 2.81. The molecular weight excluding hydrogens is 387 g/mol. The second kappa shape index (κ2) is 8.26. The van der Waals surface area contributed by atoms with Gasteiger partial charge in [-0.15, -0.1) is 13.2 Å². The zero-order valence-corrected chi connectivity index (χ0v) is 15.7. The van der Waals surface area contributed by atoms with Gasteiger partial charge >= 0.3 is 12.5 Å². The minimum absolute atomic E-state index is 0.00450. The molecule has 0 fully saturated rings. The maximum Gasteiger partial charge on any atom is 0.573 e. The highest BCUT2D eigenvalue weighted by Gasteiger charge is 2.32. The number of rotatable bonds is 5. The van der Waals surface area contributed by atoms with Crippen LogP contribution in [0, 0.1) is 6.92 Å². The Morgan fingerprint density at radius 2 is 1.90 bits per heavy atom. The topological polar surface area (TPSA) is 65.4 Å². The number of hydrogen-bond donors (Lipinski definition) is 1. The van der Waals surface area contributed by atoms with Gasteiger partial charge in [0, 0.05) is 18.3 Å². The third-order valence-electron chi connectivity index (χ3n) is 4.01. The van der Waals surface area contributed by atoms with E-state index in [0.717, 1.165) is 5.69 Å². The standard InChI is InChI=1S/C20H18F3N3O3/c1-13-10-15(12-28-19(27)24-2)25-26(13)16-7-5-6-14(11-16)17-8-3-4-9-18(17)29-20(21,22)23/h3-11H,12H2,1-2H3,(H,24,27). The number of alkyl carbamates (subject to hydrolysis) is 1. The highest BCUT2D eigenvalue weighted by atomic mass is 19.4. The number of carbonyl (C=O) groups is 1. The molecular formula is C20H18F3N3O3. The van der Waals surface area contributed by atoms with Gasteiger partial charge in [-0.3, -0.25) is 0 Å². The van der Waals surface area contributed by atoms with Gasteiger partial charge in [0.15, 0.2) is 0 Å². The molecule has 1 N–H and O–H groups in total. The summed E-state index contributed by atoms with van der Waals surface area (Å²) < 4.78 is 48.9. The lowest BCUT2D eigenvalue weighted by Crippen LogP contribution is -2.19. The van der Waals surface area contributed by atoms with Gasteiger partial charge in [-0.2, -0.15) is 5.10 Å². The van der Waals surface area contributed by atoms with Crippen LogP contribution in [0.25, 0.3) is 16.8 Å². The number of aromatic nitrogens is 2. The molecule has 0 aliphatic rings. The Morgan fingerprint density at radius 3 is 2.62 bits per heavy atom. The van der Waals surface area contributed by atoms with Gasteiger partial charge in [0.25, 0.3) is 0 Å². The van der Waals surface area contributed by atoms with Crippen molar-refractivity contribution in [1.29, 1.82) is 0 Å². The summed E-state index contributed by atoms with van der Waals surface area (Å²) in [6.45, 7) is 1.82.